The molecule has 0 radical (unpaired) electrons. The molecule has 1 aliphatic rings. The van der Waals surface area contributed by atoms with E-state index in [0.29, 0.717) is 12.8 Å². The van der Waals surface area contributed by atoms with E-state index in [1.54, 1.807) is 14.1 Å². The average molecular weight is 360 g/mol. The van der Waals surface area contributed by atoms with Gasteiger partial charge < -0.3 is 4.90 Å². The number of rotatable bonds is 4. The SMILES string of the molecule is CN(C)C(=O)[C@H]1CCCN1S(=O)(=O)c1ccc(S(C)(=O)=O)cc1. The van der Waals surface area contributed by atoms with Gasteiger partial charge in [0.1, 0.15) is 6.04 Å². The van der Waals surface area contributed by atoms with Gasteiger partial charge in [0, 0.05) is 26.9 Å². The summed E-state index contributed by atoms with van der Waals surface area (Å²) >= 11 is 0. The Hall–Kier alpha value is -1.45. The van der Waals surface area contributed by atoms with Crippen LogP contribution in [-0.4, -0.2) is 64.9 Å². The van der Waals surface area contributed by atoms with Crippen LogP contribution in [0.2, 0.25) is 0 Å². The molecule has 0 N–H and O–H groups in total. The highest BCUT2D eigenvalue weighted by atomic mass is 32.2. The molecule has 0 bridgehead atoms. The molecule has 0 spiro atoms. The third-order valence-corrected chi connectivity index (χ3v) is 6.84. The van der Waals surface area contributed by atoms with E-state index in [-0.39, 0.29) is 22.2 Å². The van der Waals surface area contributed by atoms with Crippen LogP contribution in [0.3, 0.4) is 0 Å². The van der Waals surface area contributed by atoms with Crippen molar-refractivity contribution in [2.45, 2.75) is 28.7 Å². The van der Waals surface area contributed by atoms with E-state index in [0.717, 1.165) is 6.26 Å². The molecular formula is C14H20N2O5S2. The van der Waals surface area contributed by atoms with Gasteiger partial charge in [-0.1, -0.05) is 0 Å². The molecular weight excluding hydrogens is 340 g/mol. The van der Waals surface area contributed by atoms with Crippen molar-refractivity contribution in [2.75, 3.05) is 26.9 Å². The van der Waals surface area contributed by atoms with Crippen LogP contribution in [-0.2, 0) is 24.7 Å². The van der Waals surface area contributed by atoms with Crippen molar-refractivity contribution in [3.05, 3.63) is 24.3 Å². The first-order valence-corrected chi connectivity index (χ1v) is 10.4. The van der Waals surface area contributed by atoms with Gasteiger partial charge in [-0.25, -0.2) is 16.8 Å². The molecule has 1 fully saturated rings. The van der Waals surface area contributed by atoms with Crippen molar-refractivity contribution in [2.24, 2.45) is 0 Å². The maximum absolute atomic E-state index is 12.7. The number of carbonyl (C=O) groups excluding carboxylic acids is 1. The first kappa shape index (κ1) is 17.9. The lowest BCUT2D eigenvalue weighted by molar-refractivity contribution is -0.132. The van der Waals surface area contributed by atoms with Gasteiger partial charge in [-0.15, -0.1) is 0 Å². The number of nitrogens with zero attached hydrogens (tertiary/aromatic N) is 2. The third kappa shape index (κ3) is 3.56. The van der Waals surface area contributed by atoms with Gasteiger partial charge in [0.25, 0.3) is 0 Å². The van der Waals surface area contributed by atoms with Gasteiger partial charge in [0.2, 0.25) is 15.9 Å². The molecule has 0 aliphatic carbocycles. The number of benzene rings is 1. The Bertz CT molecular complexity index is 798. The number of hydrogen-bond acceptors (Lipinski definition) is 5. The number of carbonyl (C=O) groups is 1. The Morgan fingerprint density at radius 3 is 2.09 bits per heavy atom. The highest BCUT2D eigenvalue weighted by molar-refractivity contribution is 7.90. The molecule has 23 heavy (non-hydrogen) atoms. The van der Waals surface area contributed by atoms with Gasteiger partial charge >= 0.3 is 0 Å². The van der Waals surface area contributed by atoms with Crippen LogP contribution >= 0.6 is 0 Å². The van der Waals surface area contributed by atoms with Gasteiger partial charge in [-0.05, 0) is 37.1 Å². The minimum Gasteiger partial charge on any atom is -0.347 e. The Labute approximate surface area is 136 Å². The molecule has 9 heteroatoms. The molecule has 1 amide bonds. The molecule has 0 saturated carbocycles. The summed E-state index contributed by atoms with van der Waals surface area (Å²) < 4.78 is 49.6. The van der Waals surface area contributed by atoms with Gasteiger partial charge in [0.15, 0.2) is 9.84 Å². The fourth-order valence-corrected chi connectivity index (χ4v) is 4.85. The Morgan fingerprint density at radius 2 is 1.61 bits per heavy atom. The second-order valence-corrected chi connectivity index (χ2v) is 9.66. The second-order valence-electron chi connectivity index (χ2n) is 5.75. The standard InChI is InChI=1S/C14H20N2O5S2/c1-15(2)14(17)13-5-4-10-16(13)23(20,21)12-8-6-11(7-9-12)22(3,18)19/h6-9,13H,4-5,10H2,1-3H3/t13-/m1/s1. The van der Waals surface area contributed by atoms with E-state index >= 15 is 0 Å². The summed E-state index contributed by atoms with van der Waals surface area (Å²) in [5.74, 6) is -0.251. The third-order valence-electron chi connectivity index (χ3n) is 3.79. The predicted octanol–water partition coefficient (Wildman–Crippen LogP) is 0.331. The van der Waals surface area contributed by atoms with Crippen molar-refractivity contribution in [1.82, 2.24) is 9.21 Å². The Kier molecular flexibility index (Phi) is 4.84. The van der Waals surface area contributed by atoms with E-state index in [4.69, 9.17) is 0 Å². The molecule has 1 atom stereocenters. The summed E-state index contributed by atoms with van der Waals surface area (Å²) in [5.41, 5.74) is 0. The predicted molar refractivity (Wildman–Crippen MR) is 85.2 cm³/mol. The fraction of sp³-hybridized carbons (Fsp3) is 0.500. The Morgan fingerprint density at radius 1 is 1.09 bits per heavy atom. The van der Waals surface area contributed by atoms with Crippen LogP contribution < -0.4 is 0 Å². The lowest BCUT2D eigenvalue weighted by Gasteiger charge is -2.25. The quantitative estimate of drug-likeness (QED) is 0.772. The normalized spacial score (nSPS) is 19.7. The number of likely N-dealkylation sites (N-methyl/N-ethyl adjacent to an activating group) is 1. The number of hydrogen-bond donors (Lipinski definition) is 0. The summed E-state index contributed by atoms with van der Waals surface area (Å²) in [6, 6.07) is 4.36. The monoisotopic (exact) mass is 360 g/mol. The smallest absolute Gasteiger partial charge is 0.243 e. The molecule has 1 heterocycles. The summed E-state index contributed by atoms with van der Waals surface area (Å²) in [6.45, 7) is 0.278. The molecule has 2 rings (SSSR count). The van der Waals surface area contributed by atoms with Crippen LogP contribution in [0.1, 0.15) is 12.8 Å². The molecule has 1 saturated heterocycles. The summed E-state index contributed by atoms with van der Waals surface area (Å²) in [7, 11) is -4.05. The lowest BCUT2D eigenvalue weighted by Crippen LogP contribution is -2.45. The minimum absolute atomic E-state index is 0.0108. The molecule has 0 unspecified atom stereocenters. The number of amides is 1. The maximum atomic E-state index is 12.7. The molecule has 1 aromatic rings. The van der Waals surface area contributed by atoms with Crippen LogP contribution in [0.15, 0.2) is 34.1 Å². The first-order chi connectivity index (χ1) is 10.5. The van der Waals surface area contributed by atoms with E-state index in [2.05, 4.69) is 0 Å². The highest BCUT2D eigenvalue weighted by Gasteiger charge is 2.40. The van der Waals surface area contributed by atoms with Crippen molar-refractivity contribution in [1.29, 1.82) is 0 Å². The van der Waals surface area contributed by atoms with E-state index < -0.39 is 25.9 Å². The van der Waals surface area contributed by atoms with Crippen LogP contribution in [0.25, 0.3) is 0 Å². The second kappa shape index (κ2) is 6.21. The maximum Gasteiger partial charge on any atom is 0.243 e. The van der Waals surface area contributed by atoms with Crippen LogP contribution in [0.4, 0.5) is 0 Å². The molecule has 7 nitrogen and oxygen atoms in total. The van der Waals surface area contributed by atoms with Crippen LogP contribution in [0, 0.1) is 0 Å². The number of sulfone groups is 1. The highest BCUT2D eigenvalue weighted by Crippen LogP contribution is 2.27. The summed E-state index contributed by atoms with van der Waals surface area (Å²) in [6.07, 6.45) is 2.16. The van der Waals surface area contributed by atoms with E-state index in [1.807, 2.05) is 0 Å². The van der Waals surface area contributed by atoms with Crippen molar-refractivity contribution in [3.8, 4) is 0 Å². The lowest BCUT2D eigenvalue weighted by atomic mass is 10.2. The van der Waals surface area contributed by atoms with Gasteiger partial charge in [-0.2, -0.15) is 4.31 Å². The zero-order chi connectivity index (χ0) is 17.4. The molecule has 0 aromatic heterocycles. The van der Waals surface area contributed by atoms with Crippen LogP contribution in [0.5, 0.6) is 0 Å². The minimum atomic E-state index is -3.84. The molecule has 128 valence electrons. The average Bonchev–Trinajstić information content (AvgIpc) is 2.95. The number of sulfonamides is 1. The topological polar surface area (TPSA) is 91.8 Å². The van der Waals surface area contributed by atoms with E-state index in [1.165, 1.54) is 33.5 Å². The van der Waals surface area contributed by atoms with Gasteiger partial charge in [-0.3, -0.25) is 4.79 Å². The largest absolute Gasteiger partial charge is 0.347 e. The summed E-state index contributed by atoms with van der Waals surface area (Å²) in [5, 5.41) is 0. The van der Waals surface area contributed by atoms with Crippen molar-refractivity contribution >= 4 is 25.8 Å². The molecule has 1 aromatic carbocycles. The Balaban J connectivity index is 2.36. The van der Waals surface area contributed by atoms with Crippen molar-refractivity contribution < 1.29 is 21.6 Å². The van der Waals surface area contributed by atoms with Gasteiger partial charge in [0.05, 0.1) is 9.79 Å². The fourth-order valence-electron chi connectivity index (χ4n) is 2.57. The zero-order valence-corrected chi connectivity index (χ0v) is 14.9. The zero-order valence-electron chi connectivity index (χ0n) is 13.3. The van der Waals surface area contributed by atoms with E-state index in [9.17, 15) is 21.6 Å². The summed E-state index contributed by atoms with van der Waals surface area (Å²) in [4.78, 5) is 13.6. The van der Waals surface area contributed by atoms with Crippen molar-refractivity contribution in [3.63, 3.8) is 0 Å². The first-order valence-electron chi connectivity index (χ1n) is 7.08. The molecule has 1 aliphatic heterocycles.